The predicted molar refractivity (Wildman–Crippen MR) is 395 cm³/mol. The molecule has 0 saturated heterocycles. The van der Waals surface area contributed by atoms with Crippen molar-refractivity contribution >= 4 is 39.5 Å². The first kappa shape index (κ1) is 95.1. The number of aliphatic hydroxyl groups excluding tert-OH is 1. The van der Waals surface area contributed by atoms with Crippen molar-refractivity contribution in [2.75, 3.05) is 39.6 Å². The summed E-state index contributed by atoms with van der Waals surface area (Å²) in [5.74, 6) is 0.955. The summed E-state index contributed by atoms with van der Waals surface area (Å²) in [4.78, 5) is 72.9. The Balaban J connectivity index is 5.23. The van der Waals surface area contributed by atoms with Crippen LogP contribution < -0.4 is 0 Å². The van der Waals surface area contributed by atoms with Crippen molar-refractivity contribution < 1.29 is 80.2 Å². The van der Waals surface area contributed by atoms with Gasteiger partial charge in [0.25, 0.3) is 0 Å². The van der Waals surface area contributed by atoms with Gasteiger partial charge < -0.3 is 33.8 Å². The van der Waals surface area contributed by atoms with Gasteiger partial charge in [-0.15, -0.1) is 0 Å². The summed E-state index contributed by atoms with van der Waals surface area (Å²) in [6.45, 7) is 14.2. The van der Waals surface area contributed by atoms with E-state index < -0.39 is 97.5 Å². The van der Waals surface area contributed by atoms with Crippen molar-refractivity contribution in [2.24, 2.45) is 23.7 Å². The molecule has 17 nitrogen and oxygen atoms in total. The van der Waals surface area contributed by atoms with Crippen molar-refractivity contribution in [1.82, 2.24) is 0 Å². The Morgan fingerprint density at radius 2 is 0.495 bits per heavy atom. The highest BCUT2D eigenvalue weighted by Gasteiger charge is 2.30. The fourth-order valence-electron chi connectivity index (χ4n) is 11.9. The smallest absolute Gasteiger partial charge is 0.462 e. The maximum Gasteiger partial charge on any atom is 0.472 e. The number of ether oxygens (including phenoxy) is 4. The summed E-state index contributed by atoms with van der Waals surface area (Å²) in [7, 11) is -9.92. The van der Waals surface area contributed by atoms with Gasteiger partial charge in [-0.25, -0.2) is 9.13 Å². The number of hydrogen-bond acceptors (Lipinski definition) is 15. The Morgan fingerprint density at radius 1 is 0.289 bits per heavy atom. The number of phosphoric ester groups is 2. The Bertz CT molecular complexity index is 1900. The highest BCUT2D eigenvalue weighted by atomic mass is 31.2. The molecule has 0 aromatic heterocycles. The first-order valence-corrected chi connectivity index (χ1v) is 43.2. The van der Waals surface area contributed by atoms with E-state index >= 15 is 0 Å². The van der Waals surface area contributed by atoms with Gasteiger partial charge in [0.15, 0.2) is 12.2 Å². The largest absolute Gasteiger partial charge is 0.472 e. The van der Waals surface area contributed by atoms with E-state index in [1.807, 2.05) is 0 Å². The predicted octanol–water partition coefficient (Wildman–Crippen LogP) is 22.8. The molecule has 0 aromatic carbocycles. The van der Waals surface area contributed by atoms with Crippen LogP contribution in [-0.2, 0) is 65.4 Å². The van der Waals surface area contributed by atoms with Crippen LogP contribution in [0.5, 0.6) is 0 Å². The Morgan fingerprint density at radius 3 is 0.732 bits per heavy atom. The van der Waals surface area contributed by atoms with Crippen LogP contribution in [0.2, 0.25) is 0 Å². The fraction of sp³-hybridized carbons (Fsp3) is 0.949. The maximum atomic E-state index is 13.1. The first-order valence-electron chi connectivity index (χ1n) is 40.2. The van der Waals surface area contributed by atoms with Gasteiger partial charge in [-0.3, -0.25) is 37.3 Å². The monoisotopic (exact) mass is 1420 g/mol. The third kappa shape index (κ3) is 70.9. The van der Waals surface area contributed by atoms with Crippen molar-refractivity contribution in [3.05, 3.63) is 0 Å². The van der Waals surface area contributed by atoms with E-state index in [1.165, 1.54) is 193 Å². The molecule has 0 heterocycles. The molecule has 4 unspecified atom stereocenters. The minimum atomic E-state index is -4.96. The number of esters is 4. The zero-order valence-electron chi connectivity index (χ0n) is 63.7. The lowest BCUT2D eigenvalue weighted by Crippen LogP contribution is -2.30. The lowest BCUT2D eigenvalue weighted by molar-refractivity contribution is -0.161. The van der Waals surface area contributed by atoms with E-state index in [0.717, 1.165) is 114 Å². The topological polar surface area (TPSA) is 237 Å². The van der Waals surface area contributed by atoms with Gasteiger partial charge in [0.1, 0.15) is 19.3 Å². The van der Waals surface area contributed by atoms with Crippen molar-refractivity contribution in [2.45, 2.75) is 414 Å². The van der Waals surface area contributed by atoms with Crippen LogP contribution in [0, 0.1) is 23.7 Å². The van der Waals surface area contributed by atoms with Gasteiger partial charge in [-0.2, -0.15) is 0 Å². The first-order chi connectivity index (χ1) is 46.6. The molecule has 3 N–H and O–H groups in total. The SMILES string of the molecule is CCC(C)CCCCCCCCCCCCCCCCC(=O)OC[C@H](COP(=O)(O)OCC(O)COP(=O)(O)OC[C@@H](COC(=O)CCCCCCCCCC(C)C)OC(=O)CCCCCCCCCCC(C)C)OC(=O)CCCCCCCCCCCCCCCCCC(C)C. The van der Waals surface area contributed by atoms with Crippen LogP contribution in [0.25, 0.3) is 0 Å². The van der Waals surface area contributed by atoms with Gasteiger partial charge in [0, 0.05) is 25.7 Å². The van der Waals surface area contributed by atoms with Gasteiger partial charge in [0.2, 0.25) is 0 Å². The summed E-state index contributed by atoms with van der Waals surface area (Å²) in [5, 5.41) is 10.6. The second-order valence-electron chi connectivity index (χ2n) is 29.8. The number of hydrogen-bond donors (Lipinski definition) is 3. The number of carbonyl (C=O) groups is 4. The Hall–Kier alpha value is -1.94. The quantitative estimate of drug-likeness (QED) is 0.0222. The van der Waals surface area contributed by atoms with Gasteiger partial charge in [-0.05, 0) is 49.4 Å². The fourth-order valence-corrected chi connectivity index (χ4v) is 13.5. The van der Waals surface area contributed by atoms with E-state index in [9.17, 15) is 43.2 Å². The number of carbonyl (C=O) groups excluding carboxylic acids is 4. The van der Waals surface area contributed by atoms with Crippen LogP contribution in [0.15, 0.2) is 0 Å². The second-order valence-corrected chi connectivity index (χ2v) is 32.7. The van der Waals surface area contributed by atoms with Crippen LogP contribution in [-0.4, -0.2) is 96.7 Å². The van der Waals surface area contributed by atoms with Gasteiger partial charge in [0.05, 0.1) is 26.4 Å². The van der Waals surface area contributed by atoms with Gasteiger partial charge >= 0.3 is 39.5 Å². The molecule has 0 aliphatic heterocycles. The summed E-state index contributed by atoms with van der Waals surface area (Å²) in [6, 6.07) is 0. The molecule has 0 amide bonds. The third-order valence-corrected chi connectivity index (χ3v) is 20.3. The van der Waals surface area contributed by atoms with Crippen LogP contribution in [0.1, 0.15) is 396 Å². The maximum absolute atomic E-state index is 13.1. The Labute approximate surface area is 594 Å². The zero-order valence-corrected chi connectivity index (χ0v) is 65.5. The number of rotatable bonds is 75. The molecular weight excluding hydrogens is 1270 g/mol. The number of phosphoric acid groups is 2. The molecule has 0 aliphatic rings. The molecule has 0 radical (unpaired) electrons. The van der Waals surface area contributed by atoms with E-state index in [2.05, 4.69) is 55.4 Å². The minimum Gasteiger partial charge on any atom is -0.462 e. The highest BCUT2D eigenvalue weighted by Crippen LogP contribution is 2.45. The average Bonchev–Trinajstić information content (AvgIpc) is 1.33. The van der Waals surface area contributed by atoms with Crippen LogP contribution >= 0.6 is 15.6 Å². The van der Waals surface area contributed by atoms with Crippen molar-refractivity contribution in [3.63, 3.8) is 0 Å². The molecule has 0 saturated carbocycles. The molecule has 576 valence electrons. The van der Waals surface area contributed by atoms with E-state index in [1.54, 1.807) is 0 Å². The van der Waals surface area contributed by atoms with E-state index in [0.29, 0.717) is 31.6 Å². The summed E-state index contributed by atoms with van der Waals surface area (Å²) in [5.41, 5.74) is 0. The molecule has 0 aromatic rings. The average molecular weight is 1420 g/mol. The van der Waals surface area contributed by atoms with E-state index in [4.69, 9.17) is 37.0 Å². The molecule has 0 spiro atoms. The summed E-state index contributed by atoms with van der Waals surface area (Å²) >= 11 is 0. The molecule has 97 heavy (non-hydrogen) atoms. The second kappa shape index (κ2) is 67.2. The van der Waals surface area contributed by atoms with E-state index in [-0.39, 0.29) is 25.7 Å². The third-order valence-electron chi connectivity index (χ3n) is 18.4. The Kier molecular flexibility index (Phi) is 65.9. The summed E-state index contributed by atoms with van der Waals surface area (Å²) < 4.78 is 68.6. The van der Waals surface area contributed by atoms with Gasteiger partial charge in [-0.1, -0.05) is 344 Å². The summed E-state index contributed by atoms with van der Waals surface area (Å²) in [6.07, 6.45) is 52.8. The van der Waals surface area contributed by atoms with Crippen LogP contribution in [0.4, 0.5) is 0 Å². The van der Waals surface area contributed by atoms with Crippen LogP contribution in [0.3, 0.4) is 0 Å². The molecule has 0 aliphatic carbocycles. The minimum absolute atomic E-state index is 0.103. The standard InChI is InChI=1S/C78H152O17P2/c1-9-71(8)57-49-41-33-24-20-16-13-14-17-21-25-34-42-50-58-75(80)88-64-73(94-77(82)60-52-44-35-26-22-18-12-10-11-15-19-23-30-38-46-54-68(2)3)66-92-96(84,85)90-62-72(79)63-91-97(86,87)93-67-74(65-89-76(81)59-51-43-37-29-32-40-48-56-70(6)7)95-78(83)61-53-45-36-28-27-31-39-47-55-69(4)5/h68-74,79H,9-67H2,1-8H3,(H,84,85)(H,86,87)/t71?,72?,73-,74-/m1/s1. The normalized spacial score (nSPS) is 14.4. The molecule has 19 heteroatoms. The lowest BCUT2D eigenvalue weighted by atomic mass is 9.99. The lowest BCUT2D eigenvalue weighted by Gasteiger charge is -2.21. The number of aliphatic hydroxyl groups is 1. The van der Waals surface area contributed by atoms with Crippen molar-refractivity contribution in [3.8, 4) is 0 Å². The van der Waals surface area contributed by atoms with Crippen molar-refractivity contribution in [1.29, 1.82) is 0 Å². The molecule has 0 rings (SSSR count). The highest BCUT2D eigenvalue weighted by molar-refractivity contribution is 7.47. The molecule has 6 atom stereocenters. The number of unbranched alkanes of at least 4 members (excludes halogenated alkanes) is 40. The molecule has 0 bridgehead atoms. The molecular formula is C78H152O17P2. The zero-order chi connectivity index (χ0) is 71.7. The molecule has 0 fully saturated rings.